The first-order valence-corrected chi connectivity index (χ1v) is 8.68. The van der Waals surface area contributed by atoms with E-state index in [-0.39, 0.29) is 0 Å². The first-order chi connectivity index (χ1) is 12.4. The Balaban J connectivity index is 1.54. The van der Waals surface area contributed by atoms with Crippen LogP contribution in [0.2, 0.25) is 0 Å². The zero-order valence-electron chi connectivity index (χ0n) is 13.9. The van der Waals surface area contributed by atoms with Gasteiger partial charge in [0.05, 0.1) is 24.2 Å². The SMILES string of the molecule is c1ccc2cc(-c3nc4ccc(N5CCOCC5)cc4[nH]3)ccc2c1. The quantitative estimate of drug-likeness (QED) is 0.599. The second kappa shape index (κ2) is 5.90. The Morgan fingerprint density at radius 3 is 2.60 bits per heavy atom. The van der Waals surface area contributed by atoms with Crippen LogP contribution in [0.5, 0.6) is 0 Å². The highest BCUT2D eigenvalue weighted by molar-refractivity contribution is 5.88. The number of nitrogens with zero attached hydrogens (tertiary/aromatic N) is 2. The van der Waals surface area contributed by atoms with E-state index >= 15 is 0 Å². The molecule has 25 heavy (non-hydrogen) atoms. The van der Waals surface area contributed by atoms with E-state index in [1.165, 1.54) is 16.5 Å². The number of rotatable bonds is 2. The van der Waals surface area contributed by atoms with Crippen LogP contribution in [0.1, 0.15) is 0 Å². The van der Waals surface area contributed by atoms with E-state index in [2.05, 4.69) is 70.5 Å². The summed E-state index contributed by atoms with van der Waals surface area (Å²) in [4.78, 5) is 10.6. The first kappa shape index (κ1) is 14.5. The second-order valence-electron chi connectivity index (χ2n) is 6.45. The highest BCUT2D eigenvalue weighted by Crippen LogP contribution is 2.27. The lowest BCUT2D eigenvalue weighted by molar-refractivity contribution is 0.122. The van der Waals surface area contributed by atoms with Crippen LogP contribution in [0, 0.1) is 0 Å². The van der Waals surface area contributed by atoms with Crippen molar-refractivity contribution < 1.29 is 4.74 Å². The molecule has 1 fully saturated rings. The Morgan fingerprint density at radius 1 is 0.880 bits per heavy atom. The van der Waals surface area contributed by atoms with Crippen molar-refractivity contribution in [2.45, 2.75) is 0 Å². The van der Waals surface area contributed by atoms with Crippen molar-refractivity contribution in [1.29, 1.82) is 0 Å². The van der Waals surface area contributed by atoms with Crippen LogP contribution in [0.4, 0.5) is 5.69 Å². The molecule has 5 rings (SSSR count). The molecule has 0 atom stereocenters. The van der Waals surface area contributed by atoms with Gasteiger partial charge in [-0.05, 0) is 35.0 Å². The second-order valence-corrected chi connectivity index (χ2v) is 6.45. The molecule has 2 heterocycles. The summed E-state index contributed by atoms with van der Waals surface area (Å²) in [5.41, 5.74) is 4.42. The van der Waals surface area contributed by atoms with E-state index < -0.39 is 0 Å². The molecule has 3 aromatic carbocycles. The summed E-state index contributed by atoms with van der Waals surface area (Å²) in [5, 5.41) is 2.48. The van der Waals surface area contributed by atoms with Gasteiger partial charge in [-0.25, -0.2) is 4.98 Å². The molecule has 0 amide bonds. The molecule has 1 N–H and O–H groups in total. The molecule has 124 valence electrons. The largest absolute Gasteiger partial charge is 0.378 e. The number of H-pyrrole nitrogens is 1. The molecule has 0 spiro atoms. The molecule has 1 aliphatic rings. The molecule has 4 heteroatoms. The van der Waals surface area contributed by atoms with Crippen LogP contribution < -0.4 is 4.90 Å². The maximum atomic E-state index is 5.44. The summed E-state index contributed by atoms with van der Waals surface area (Å²) < 4.78 is 5.44. The minimum atomic E-state index is 0.795. The molecule has 0 unspecified atom stereocenters. The summed E-state index contributed by atoms with van der Waals surface area (Å²) in [6, 6.07) is 21.3. The average molecular weight is 329 g/mol. The zero-order valence-corrected chi connectivity index (χ0v) is 13.9. The Kier molecular flexibility index (Phi) is 3.42. The number of hydrogen-bond acceptors (Lipinski definition) is 3. The third kappa shape index (κ3) is 2.65. The maximum absolute atomic E-state index is 5.44. The number of nitrogens with one attached hydrogen (secondary N) is 1. The van der Waals surface area contributed by atoms with Crippen LogP contribution in [0.3, 0.4) is 0 Å². The monoisotopic (exact) mass is 329 g/mol. The van der Waals surface area contributed by atoms with Crippen molar-refractivity contribution in [3.63, 3.8) is 0 Å². The van der Waals surface area contributed by atoms with Crippen molar-refractivity contribution in [2.24, 2.45) is 0 Å². The molecular weight excluding hydrogens is 310 g/mol. The smallest absolute Gasteiger partial charge is 0.138 e. The lowest BCUT2D eigenvalue weighted by Crippen LogP contribution is -2.36. The topological polar surface area (TPSA) is 41.2 Å². The highest BCUT2D eigenvalue weighted by atomic mass is 16.5. The van der Waals surface area contributed by atoms with Gasteiger partial charge < -0.3 is 14.6 Å². The van der Waals surface area contributed by atoms with E-state index in [0.717, 1.165) is 48.7 Å². The summed E-state index contributed by atoms with van der Waals surface area (Å²) in [6.45, 7) is 3.47. The molecule has 0 radical (unpaired) electrons. The molecule has 4 aromatic rings. The number of fused-ring (bicyclic) bond motifs is 2. The van der Waals surface area contributed by atoms with Crippen LogP contribution in [-0.2, 0) is 4.74 Å². The number of ether oxygens (including phenoxy) is 1. The fourth-order valence-electron chi connectivity index (χ4n) is 3.49. The van der Waals surface area contributed by atoms with E-state index in [9.17, 15) is 0 Å². The minimum Gasteiger partial charge on any atom is -0.378 e. The molecule has 1 aliphatic heterocycles. The predicted molar refractivity (Wildman–Crippen MR) is 102 cm³/mol. The van der Waals surface area contributed by atoms with E-state index in [1.54, 1.807) is 0 Å². The summed E-state index contributed by atoms with van der Waals surface area (Å²) >= 11 is 0. The third-order valence-corrected chi connectivity index (χ3v) is 4.86. The van der Waals surface area contributed by atoms with Crippen molar-refractivity contribution in [1.82, 2.24) is 9.97 Å². The Hall–Kier alpha value is -2.85. The Labute approximate surface area is 146 Å². The van der Waals surface area contributed by atoms with E-state index in [4.69, 9.17) is 9.72 Å². The normalized spacial score (nSPS) is 15.1. The number of aromatic amines is 1. The predicted octanol–water partition coefficient (Wildman–Crippen LogP) is 4.22. The van der Waals surface area contributed by atoms with Gasteiger partial charge in [-0.15, -0.1) is 0 Å². The molecule has 0 saturated carbocycles. The molecule has 0 aliphatic carbocycles. The number of aromatic nitrogens is 2. The van der Waals surface area contributed by atoms with Gasteiger partial charge in [0, 0.05) is 24.3 Å². The van der Waals surface area contributed by atoms with Crippen molar-refractivity contribution in [2.75, 3.05) is 31.2 Å². The number of imidazole rings is 1. The van der Waals surface area contributed by atoms with Gasteiger partial charge in [0.15, 0.2) is 0 Å². The number of hydrogen-bond donors (Lipinski definition) is 1. The van der Waals surface area contributed by atoms with Crippen LogP contribution in [0.25, 0.3) is 33.2 Å². The van der Waals surface area contributed by atoms with Crippen LogP contribution >= 0.6 is 0 Å². The van der Waals surface area contributed by atoms with Crippen molar-refractivity contribution in [3.05, 3.63) is 60.7 Å². The van der Waals surface area contributed by atoms with Crippen molar-refractivity contribution >= 4 is 27.5 Å². The van der Waals surface area contributed by atoms with E-state index in [0.29, 0.717) is 0 Å². The van der Waals surface area contributed by atoms with Gasteiger partial charge >= 0.3 is 0 Å². The first-order valence-electron chi connectivity index (χ1n) is 8.68. The molecule has 1 aromatic heterocycles. The van der Waals surface area contributed by atoms with Gasteiger partial charge in [0.1, 0.15) is 5.82 Å². The fourth-order valence-corrected chi connectivity index (χ4v) is 3.49. The Bertz CT molecular complexity index is 1050. The lowest BCUT2D eigenvalue weighted by atomic mass is 10.1. The van der Waals surface area contributed by atoms with Gasteiger partial charge in [0.2, 0.25) is 0 Å². The van der Waals surface area contributed by atoms with Gasteiger partial charge in [-0.3, -0.25) is 0 Å². The summed E-state index contributed by atoms with van der Waals surface area (Å²) in [7, 11) is 0. The molecule has 4 nitrogen and oxygen atoms in total. The van der Waals surface area contributed by atoms with Gasteiger partial charge in [0.25, 0.3) is 0 Å². The maximum Gasteiger partial charge on any atom is 0.138 e. The van der Waals surface area contributed by atoms with Crippen LogP contribution in [0.15, 0.2) is 60.7 Å². The van der Waals surface area contributed by atoms with Crippen LogP contribution in [-0.4, -0.2) is 36.3 Å². The van der Waals surface area contributed by atoms with E-state index in [1.807, 2.05) is 0 Å². The summed E-state index contributed by atoms with van der Waals surface area (Å²) in [5.74, 6) is 0.917. The van der Waals surface area contributed by atoms with Gasteiger partial charge in [-0.1, -0.05) is 36.4 Å². The summed E-state index contributed by atoms with van der Waals surface area (Å²) in [6.07, 6.45) is 0. The fraction of sp³-hybridized carbons (Fsp3) is 0.190. The standard InChI is InChI=1S/C21H19N3O/c1-2-4-16-13-17(6-5-15(16)3-1)21-22-19-8-7-18(14-20(19)23-21)24-9-11-25-12-10-24/h1-8,13-14H,9-12H2,(H,22,23). The number of anilines is 1. The zero-order chi connectivity index (χ0) is 16.6. The number of morpholine rings is 1. The number of benzene rings is 3. The van der Waals surface area contributed by atoms with Gasteiger partial charge in [-0.2, -0.15) is 0 Å². The Morgan fingerprint density at radius 2 is 1.72 bits per heavy atom. The highest BCUT2D eigenvalue weighted by Gasteiger charge is 2.13. The minimum absolute atomic E-state index is 0.795. The molecule has 1 saturated heterocycles. The lowest BCUT2D eigenvalue weighted by Gasteiger charge is -2.28. The third-order valence-electron chi connectivity index (χ3n) is 4.86. The molecule has 0 bridgehead atoms. The average Bonchev–Trinajstić information content (AvgIpc) is 3.11. The van der Waals surface area contributed by atoms with Crippen molar-refractivity contribution in [3.8, 4) is 11.4 Å². The molecular formula is C21H19N3O.